The van der Waals surface area contributed by atoms with Crippen LogP contribution in [0.4, 0.5) is 0 Å². The van der Waals surface area contributed by atoms with Crippen molar-refractivity contribution in [3.05, 3.63) is 82.4 Å². The fourth-order valence-corrected chi connectivity index (χ4v) is 3.32. The molecule has 8 heteroatoms. The molecule has 0 amide bonds. The first-order valence-electron chi connectivity index (χ1n) is 8.87. The van der Waals surface area contributed by atoms with Gasteiger partial charge in [0, 0.05) is 21.8 Å². The number of nitrogens with one attached hydrogen (secondary N) is 1. The summed E-state index contributed by atoms with van der Waals surface area (Å²) in [5.41, 5.74) is 3.61. The van der Waals surface area contributed by atoms with Gasteiger partial charge in [0.25, 0.3) is 6.01 Å². The summed E-state index contributed by atoms with van der Waals surface area (Å²) in [7, 11) is -2.77. The molecular formula is C22H15ClN2O4P+. The number of aromatic amines is 1. The molecule has 6 nitrogen and oxygen atoms in total. The van der Waals surface area contributed by atoms with Gasteiger partial charge in [-0.3, -0.25) is 0 Å². The summed E-state index contributed by atoms with van der Waals surface area (Å²) in [5, 5.41) is 0.488. The van der Waals surface area contributed by atoms with Crippen molar-refractivity contribution in [3.63, 3.8) is 0 Å². The minimum atomic E-state index is -2.77. The van der Waals surface area contributed by atoms with Crippen molar-refractivity contribution >= 4 is 30.9 Å². The van der Waals surface area contributed by atoms with Gasteiger partial charge >= 0.3 is 8.25 Å². The molecule has 4 aromatic rings. The average Bonchev–Trinajstić information content (AvgIpc) is 3.10. The van der Waals surface area contributed by atoms with Crippen molar-refractivity contribution in [2.24, 2.45) is 0 Å². The first-order chi connectivity index (χ1) is 14.5. The molecule has 0 saturated heterocycles. The number of halogens is 1. The van der Waals surface area contributed by atoms with Crippen LogP contribution in [0.3, 0.4) is 0 Å². The lowest BCUT2D eigenvalue weighted by Gasteiger charge is -2.04. The maximum atomic E-state index is 11.0. The minimum absolute atomic E-state index is 0.248. The zero-order valence-corrected chi connectivity index (χ0v) is 17.4. The van der Waals surface area contributed by atoms with Crippen molar-refractivity contribution in [1.29, 1.82) is 0 Å². The van der Waals surface area contributed by atoms with Gasteiger partial charge in [-0.15, -0.1) is 4.89 Å². The van der Waals surface area contributed by atoms with Crippen LogP contribution in [0.5, 0.6) is 17.5 Å². The standard InChI is InChI=1S/C22H14ClN2O4P/c1-14-7-10-17(12-21(14)29-30(26)27)28-22-24-19-11-16(18(23)13-20(19)25-22)9-8-15-5-3-2-4-6-15/h2-7,10-13H,1H3,(H-,24,25,26,27)/p+1. The van der Waals surface area contributed by atoms with Crippen LogP contribution in [0.2, 0.25) is 5.02 Å². The predicted octanol–water partition coefficient (Wildman–Crippen LogP) is 5.75. The summed E-state index contributed by atoms with van der Waals surface area (Å²) >= 11 is 6.36. The van der Waals surface area contributed by atoms with E-state index in [4.69, 9.17) is 25.8 Å². The Balaban J connectivity index is 1.61. The zero-order chi connectivity index (χ0) is 21.1. The first kappa shape index (κ1) is 19.9. The number of imidazole rings is 1. The molecule has 1 aromatic heterocycles. The highest BCUT2D eigenvalue weighted by Gasteiger charge is 2.17. The molecule has 2 N–H and O–H groups in total. The molecular weight excluding hydrogens is 423 g/mol. The third-order valence-electron chi connectivity index (χ3n) is 4.21. The molecule has 0 aliphatic carbocycles. The van der Waals surface area contributed by atoms with Gasteiger partial charge in [-0.2, -0.15) is 4.98 Å². The number of rotatable bonds is 4. The number of benzene rings is 3. The molecule has 1 heterocycles. The lowest BCUT2D eigenvalue weighted by atomic mass is 10.1. The molecule has 4 rings (SSSR count). The van der Waals surface area contributed by atoms with Crippen LogP contribution < -0.4 is 9.26 Å². The Labute approximate surface area is 178 Å². The van der Waals surface area contributed by atoms with Crippen LogP contribution in [-0.4, -0.2) is 14.9 Å². The second-order valence-corrected chi connectivity index (χ2v) is 7.43. The van der Waals surface area contributed by atoms with Crippen LogP contribution in [0, 0.1) is 18.8 Å². The lowest BCUT2D eigenvalue weighted by Crippen LogP contribution is -1.89. The second-order valence-electron chi connectivity index (χ2n) is 6.37. The van der Waals surface area contributed by atoms with Gasteiger partial charge in [-0.25, -0.2) is 4.52 Å². The molecule has 0 radical (unpaired) electrons. The summed E-state index contributed by atoms with van der Waals surface area (Å²) in [6.07, 6.45) is 0. The fraction of sp³-hybridized carbons (Fsp3) is 0.0455. The third-order valence-corrected chi connectivity index (χ3v) is 4.88. The quantitative estimate of drug-likeness (QED) is 0.314. The number of H-pyrrole nitrogens is 1. The molecule has 1 unspecified atom stereocenters. The topological polar surface area (TPSA) is 84.4 Å². The van der Waals surface area contributed by atoms with Gasteiger partial charge in [0.2, 0.25) is 0 Å². The molecule has 0 saturated carbocycles. The molecule has 0 bridgehead atoms. The molecule has 30 heavy (non-hydrogen) atoms. The molecule has 0 fully saturated rings. The van der Waals surface area contributed by atoms with E-state index in [1.807, 2.05) is 36.4 Å². The number of hydrogen-bond donors (Lipinski definition) is 2. The summed E-state index contributed by atoms with van der Waals surface area (Å²) in [6.45, 7) is 1.76. The number of aromatic nitrogens is 2. The molecule has 0 aliphatic rings. The van der Waals surface area contributed by atoms with E-state index in [0.29, 0.717) is 32.9 Å². The van der Waals surface area contributed by atoms with Crippen LogP contribution >= 0.6 is 19.9 Å². The number of nitrogens with zero attached hydrogens (tertiary/aromatic N) is 1. The van der Waals surface area contributed by atoms with Crippen molar-refractivity contribution in [1.82, 2.24) is 9.97 Å². The SMILES string of the molecule is Cc1ccc(Oc2nc3cc(Cl)c(C#Cc4ccccc4)cc3[nH]2)cc1O[P+](=O)O. The number of fused-ring (bicyclic) bond motifs is 1. The van der Waals surface area contributed by atoms with Gasteiger partial charge < -0.3 is 9.72 Å². The van der Waals surface area contributed by atoms with E-state index in [2.05, 4.69) is 21.8 Å². The summed E-state index contributed by atoms with van der Waals surface area (Å²) in [4.78, 5) is 16.4. The van der Waals surface area contributed by atoms with Crippen molar-refractivity contribution < 1.29 is 18.7 Å². The lowest BCUT2D eigenvalue weighted by molar-refractivity contribution is 0.406. The van der Waals surface area contributed by atoms with E-state index < -0.39 is 8.25 Å². The van der Waals surface area contributed by atoms with Gasteiger partial charge in [0.1, 0.15) is 5.75 Å². The van der Waals surface area contributed by atoms with E-state index >= 15 is 0 Å². The maximum Gasteiger partial charge on any atom is 0.747 e. The van der Waals surface area contributed by atoms with Crippen molar-refractivity contribution in [3.8, 4) is 29.4 Å². The van der Waals surface area contributed by atoms with Crippen LogP contribution in [-0.2, 0) is 4.57 Å². The van der Waals surface area contributed by atoms with E-state index in [9.17, 15) is 4.57 Å². The van der Waals surface area contributed by atoms with Gasteiger partial charge in [0.15, 0.2) is 5.75 Å². The monoisotopic (exact) mass is 437 g/mol. The Hall–Kier alpha value is -3.36. The smallest absolute Gasteiger partial charge is 0.425 e. The van der Waals surface area contributed by atoms with Gasteiger partial charge in [-0.05, 0) is 42.8 Å². The Morgan fingerprint density at radius 1 is 1.10 bits per heavy atom. The largest absolute Gasteiger partial charge is 0.747 e. The van der Waals surface area contributed by atoms with Gasteiger partial charge in [-0.1, -0.05) is 47.7 Å². The van der Waals surface area contributed by atoms with Crippen molar-refractivity contribution in [2.75, 3.05) is 0 Å². The Morgan fingerprint density at radius 3 is 2.67 bits per heavy atom. The van der Waals surface area contributed by atoms with Crippen LogP contribution in [0.15, 0.2) is 60.7 Å². The summed E-state index contributed by atoms with van der Waals surface area (Å²) < 4.78 is 21.6. The summed E-state index contributed by atoms with van der Waals surface area (Å²) in [5.74, 6) is 6.82. The number of ether oxygens (including phenoxy) is 1. The molecule has 148 valence electrons. The van der Waals surface area contributed by atoms with Crippen LogP contribution in [0.1, 0.15) is 16.7 Å². The minimum Gasteiger partial charge on any atom is -0.425 e. The van der Waals surface area contributed by atoms with Crippen LogP contribution in [0.25, 0.3) is 11.0 Å². The summed E-state index contributed by atoms with van der Waals surface area (Å²) in [6, 6.07) is 18.4. The molecule has 1 atom stereocenters. The molecule has 0 spiro atoms. The molecule has 0 aliphatic heterocycles. The normalized spacial score (nSPS) is 11.0. The van der Waals surface area contributed by atoms with E-state index in [0.717, 1.165) is 5.56 Å². The van der Waals surface area contributed by atoms with E-state index in [1.165, 1.54) is 6.07 Å². The van der Waals surface area contributed by atoms with E-state index in [-0.39, 0.29) is 11.8 Å². The highest BCUT2D eigenvalue weighted by Crippen LogP contribution is 2.32. The zero-order valence-electron chi connectivity index (χ0n) is 15.7. The average molecular weight is 438 g/mol. The Kier molecular flexibility index (Phi) is 5.69. The highest BCUT2D eigenvalue weighted by molar-refractivity contribution is 7.32. The first-order valence-corrected chi connectivity index (χ1v) is 10.4. The molecule has 3 aromatic carbocycles. The van der Waals surface area contributed by atoms with E-state index in [1.54, 1.807) is 25.1 Å². The van der Waals surface area contributed by atoms with Crippen molar-refractivity contribution in [2.45, 2.75) is 6.92 Å². The Morgan fingerprint density at radius 2 is 1.90 bits per heavy atom. The second kappa shape index (κ2) is 8.56. The number of aryl methyl sites for hydroxylation is 1. The number of hydrogen-bond acceptors (Lipinski definition) is 4. The third kappa shape index (κ3) is 4.61. The maximum absolute atomic E-state index is 11.0. The predicted molar refractivity (Wildman–Crippen MR) is 115 cm³/mol. The van der Waals surface area contributed by atoms with Gasteiger partial charge in [0.05, 0.1) is 16.1 Å². The fourth-order valence-electron chi connectivity index (χ4n) is 2.75. The Bertz CT molecular complexity index is 1310. The highest BCUT2D eigenvalue weighted by atomic mass is 35.5.